The fraction of sp³-hybridized carbons (Fsp3) is 0.400. The van der Waals surface area contributed by atoms with Gasteiger partial charge in [-0.25, -0.2) is 0 Å². The van der Waals surface area contributed by atoms with Crippen LogP contribution in [0.25, 0.3) is 0 Å². The Morgan fingerprint density at radius 3 is 1.85 bits per heavy atom. The SMILES string of the molecule is CC(C)(C)[Si](F)(F)c1ccccc1. The largest absolute Gasteiger partial charge is 0.460 e. The number of benzene rings is 1. The number of halogens is 2. The Bertz CT molecular complexity index is 275. The molecule has 72 valence electrons. The topological polar surface area (TPSA) is 0 Å². The molecule has 0 aliphatic rings. The van der Waals surface area contributed by atoms with E-state index in [0.717, 1.165) is 0 Å². The normalized spacial score (nSPS) is 13.0. The van der Waals surface area contributed by atoms with Crippen molar-refractivity contribution in [2.45, 2.75) is 25.8 Å². The molecular formula is C10H14F2Si. The Morgan fingerprint density at radius 1 is 1.00 bits per heavy atom. The molecule has 0 saturated heterocycles. The van der Waals surface area contributed by atoms with Crippen molar-refractivity contribution >= 4 is 13.9 Å². The smallest absolute Gasteiger partial charge is 0.264 e. The molecule has 1 rings (SSSR count). The van der Waals surface area contributed by atoms with E-state index in [1.165, 1.54) is 12.1 Å². The van der Waals surface area contributed by atoms with Gasteiger partial charge < -0.3 is 0 Å². The summed E-state index contributed by atoms with van der Waals surface area (Å²) in [5, 5.41) is -0.670. The number of hydrogen-bond donors (Lipinski definition) is 0. The second-order valence-electron chi connectivity index (χ2n) is 4.19. The summed E-state index contributed by atoms with van der Waals surface area (Å²) in [5.74, 6) is 0. The van der Waals surface area contributed by atoms with Gasteiger partial charge in [0.2, 0.25) is 0 Å². The quantitative estimate of drug-likeness (QED) is 0.483. The first kappa shape index (κ1) is 10.4. The lowest BCUT2D eigenvalue weighted by molar-refractivity contribution is 0.519. The summed E-state index contributed by atoms with van der Waals surface area (Å²) in [6.45, 7) is 4.81. The molecule has 1 aromatic carbocycles. The Hall–Kier alpha value is -0.703. The standard InChI is InChI=1S/C10H14F2Si/c1-10(2,3)13(11,12)9-7-5-4-6-8-9/h4-8H,1-3H3. The number of rotatable bonds is 1. The average molecular weight is 200 g/mol. The Morgan fingerprint density at radius 2 is 1.46 bits per heavy atom. The summed E-state index contributed by atoms with van der Waals surface area (Å²) in [5.41, 5.74) is 0. The van der Waals surface area contributed by atoms with Crippen LogP contribution in [0.3, 0.4) is 0 Å². The van der Waals surface area contributed by atoms with Gasteiger partial charge in [0, 0.05) is 10.2 Å². The van der Waals surface area contributed by atoms with Crippen LogP contribution in [0.1, 0.15) is 20.8 Å². The third-order valence-electron chi connectivity index (χ3n) is 2.08. The van der Waals surface area contributed by atoms with Crippen LogP contribution in [-0.4, -0.2) is 8.74 Å². The summed E-state index contributed by atoms with van der Waals surface area (Å²) < 4.78 is 27.6. The first-order chi connectivity index (χ1) is 5.86. The van der Waals surface area contributed by atoms with Gasteiger partial charge in [-0.1, -0.05) is 51.1 Å². The van der Waals surface area contributed by atoms with Gasteiger partial charge in [0.15, 0.2) is 0 Å². The summed E-state index contributed by atoms with van der Waals surface area (Å²) in [6.07, 6.45) is 0. The van der Waals surface area contributed by atoms with Gasteiger partial charge in [0.05, 0.1) is 0 Å². The maximum absolute atomic E-state index is 13.8. The maximum atomic E-state index is 13.8. The van der Waals surface area contributed by atoms with Crippen molar-refractivity contribution < 1.29 is 8.22 Å². The van der Waals surface area contributed by atoms with Crippen molar-refractivity contribution in [3.8, 4) is 0 Å². The first-order valence-corrected chi connectivity index (χ1v) is 6.04. The highest BCUT2D eigenvalue weighted by atomic mass is 28.4. The molecule has 13 heavy (non-hydrogen) atoms. The van der Waals surface area contributed by atoms with Gasteiger partial charge in [-0.15, -0.1) is 0 Å². The lowest BCUT2D eigenvalue weighted by Crippen LogP contribution is -2.47. The minimum Gasteiger partial charge on any atom is -0.264 e. The minimum atomic E-state index is -4.28. The van der Waals surface area contributed by atoms with Crippen LogP contribution in [0.2, 0.25) is 5.04 Å². The number of hydrogen-bond acceptors (Lipinski definition) is 0. The Balaban J connectivity index is 3.08. The third kappa shape index (κ3) is 1.96. The molecular weight excluding hydrogens is 186 g/mol. The molecule has 0 aromatic heterocycles. The predicted octanol–water partition coefficient (Wildman–Crippen LogP) is 3.07. The molecule has 0 fully saturated rings. The van der Waals surface area contributed by atoms with E-state index in [2.05, 4.69) is 0 Å². The van der Waals surface area contributed by atoms with Crippen molar-refractivity contribution in [1.82, 2.24) is 0 Å². The molecule has 0 aliphatic heterocycles. The van der Waals surface area contributed by atoms with Crippen molar-refractivity contribution in [2.24, 2.45) is 0 Å². The van der Waals surface area contributed by atoms with Crippen LogP contribution in [0.15, 0.2) is 30.3 Å². The van der Waals surface area contributed by atoms with Crippen molar-refractivity contribution in [2.75, 3.05) is 0 Å². The lowest BCUT2D eigenvalue weighted by Gasteiger charge is -2.27. The Labute approximate surface area is 79.0 Å². The second kappa shape index (κ2) is 3.22. The molecule has 0 unspecified atom stereocenters. The molecule has 0 bridgehead atoms. The average Bonchev–Trinajstić information content (AvgIpc) is 2.04. The second-order valence-corrected chi connectivity index (χ2v) is 7.42. The molecule has 0 spiro atoms. The van der Waals surface area contributed by atoms with E-state index in [9.17, 15) is 8.22 Å². The maximum Gasteiger partial charge on any atom is 0.460 e. The highest BCUT2D eigenvalue weighted by molar-refractivity contribution is 6.82. The molecule has 0 saturated carbocycles. The van der Waals surface area contributed by atoms with Crippen LogP contribution in [0.5, 0.6) is 0 Å². The van der Waals surface area contributed by atoms with E-state index in [1.807, 2.05) is 0 Å². The van der Waals surface area contributed by atoms with Gasteiger partial charge >= 0.3 is 8.74 Å². The summed E-state index contributed by atoms with van der Waals surface area (Å²) in [7, 11) is -4.28. The Kier molecular flexibility index (Phi) is 2.57. The van der Waals surface area contributed by atoms with Crippen molar-refractivity contribution in [3.63, 3.8) is 0 Å². The zero-order valence-electron chi connectivity index (χ0n) is 8.14. The molecule has 1 aromatic rings. The van der Waals surface area contributed by atoms with E-state index < -0.39 is 13.8 Å². The van der Waals surface area contributed by atoms with Crippen LogP contribution >= 0.6 is 0 Å². The predicted molar refractivity (Wildman–Crippen MR) is 53.8 cm³/mol. The molecule has 0 N–H and O–H groups in total. The van der Waals surface area contributed by atoms with Crippen LogP contribution in [0.4, 0.5) is 8.22 Å². The van der Waals surface area contributed by atoms with Gasteiger partial charge in [0.1, 0.15) is 0 Å². The fourth-order valence-electron chi connectivity index (χ4n) is 1.08. The van der Waals surface area contributed by atoms with Crippen LogP contribution < -0.4 is 5.19 Å². The minimum absolute atomic E-state index is 0.225. The zero-order valence-corrected chi connectivity index (χ0v) is 9.14. The molecule has 0 heterocycles. The van der Waals surface area contributed by atoms with Gasteiger partial charge in [-0.3, -0.25) is 8.22 Å². The van der Waals surface area contributed by atoms with E-state index >= 15 is 0 Å². The summed E-state index contributed by atoms with van der Waals surface area (Å²) >= 11 is 0. The highest BCUT2D eigenvalue weighted by Gasteiger charge is 2.49. The molecule has 0 nitrogen and oxygen atoms in total. The molecule has 0 aliphatic carbocycles. The lowest BCUT2D eigenvalue weighted by atomic mass is 10.2. The van der Waals surface area contributed by atoms with Crippen LogP contribution in [-0.2, 0) is 0 Å². The van der Waals surface area contributed by atoms with Gasteiger partial charge in [-0.2, -0.15) is 0 Å². The van der Waals surface area contributed by atoms with E-state index in [0.29, 0.717) is 0 Å². The van der Waals surface area contributed by atoms with Gasteiger partial charge in [0.25, 0.3) is 0 Å². The molecule has 0 atom stereocenters. The van der Waals surface area contributed by atoms with Crippen LogP contribution in [0, 0.1) is 0 Å². The summed E-state index contributed by atoms with van der Waals surface area (Å²) in [6, 6.07) is 8.15. The van der Waals surface area contributed by atoms with E-state index in [4.69, 9.17) is 0 Å². The van der Waals surface area contributed by atoms with Crippen molar-refractivity contribution in [3.05, 3.63) is 30.3 Å². The monoisotopic (exact) mass is 200 g/mol. The first-order valence-electron chi connectivity index (χ1n) is 4.29. The van der Waals surface area contributed by atoms with Crippen molar-refractivity contribution in [1.29, 1.82) is 0 Å². The molecule has 0 radical (unpaired) electrons. The summed E-state index contributed by atoms with van der Waals surface area (Å²) in [4.78, 5) is 0. The highest BCUT2D eigenvalue weighted by Crippen LogP contribution is 2.37. The van der Waals surface area contributed by atoms with E-state index in [-0.39, 0.29) is 5.19 Å². The van der Waals surface area contributed by atoms with E-state index in [1.54, 1.807) is 39.0 Å². The third-order valence-corrected chi connectivity index (χ3v) is 5.02. The molecule has 0 amide bonds. The zero-order chi connectivity index (χ0) is 10.1. The fourth-order valence-corrected chi connectivity index (χ4v) is 2.56. The molecule has 3 heteroatoms. The van der Waals surface area contributed by atoms with Gasteiger partial charge in [-0.05, 0) is 0 Å².